The first-order chi connectivity index (χ1) is 10.1. The first kappa shape index (κ1) is 15.2. The number of carbonyl (C=O) groups excluding carboxylic acids is 1. The van der Waals surface area contributed by atoms with Gasteiger partial charge in [0.15, 0.2) is 0 Å². The number of carbonyl (C=O) groups is 1. The van der Waals surface area contributed by atoms with Gasteiger partial charge in [0.25, 0.3) is 0 Å². The van der Waals surface area contributed by atoms with E-state index in [4.69, 9.17) is 11.6 Å². The molecule has 7 nitrogen and oxygen atoms in total. The molecule has 8 heteroatoms. The fourth-order valence-corrected chi connectivity index (χ4v) is 1.96. The second kappa shape index (κ2) is 7.03. The Bertz CT molecular complexity index is 679. The maximum absolute atomic E-state index is 12.1. The van der Waals surface area contributed by atoms with E-state index < -0.39 is 5.69 Å². The Morgan fingerprint density at radius 3 is 2.81 bits per heavy atom. The Labute approximate surface area is 126 Å². The van der Waals surface area contributed by atoms with Crippen LogP contribution in [-0.4, -0.2) is 32.2 Å². The predicted molar refractivity (Wildman–Crippen MR) is 78.5 cm³/mol. The highest BCUT2D eigenvalue weighted by Crippen LogP contribution is 2.16. The summed E-state index contributed by atoms with van der Waals surface area (Å²) in [5.41, 5.74) is -0.0736. The largest absolute Gasteiger partial charge is 0.369 e. The van der Waals surface area contributed by atoms with Gasteiger partial charge in [-0.05, 0) is 29.0 Å². The van der Waals surface area contributed by atoms with Gasteiger partial charge < -0.3 is 5.32 Å². The molecule has 2 aromatic rings. The summed E-state index contributed by atoms with van der Waals surface area (Å²) >= 11 is 6.01. The van der Waals surface area contributed by atoms with E-state index in [0.29, 0.717) is 17.3 Å². The summed E-state index contributed by atoms with van der Waals surface area (Å²) < 4.78 is 2.08. The van der Waals surface area contributed by atoms with Crippen molar-refractivity contribution in [3.8, 4) is 5.69 Å². The van der Waals surface area contributed by atoms with Crippen LogP contribution in [0.5, 0.6) is 0 Å². The van der Waals surface area contributed by atoms with E-state index >= 15 is 0 Å². The molecule has 0 unspecified atom stereocenters. The van der Waals surface area contributed by atoms with Crippen LogP contribution < -0.4 is 11.0 Å². The van der Waals surface area contributed by atoms with Gasteiger partial charge in [-0.3, -0.25) is 4.79 Å². The number of nitrogens with zero attached hydrogens (tertiary/aromatic N) is 4. The highest BCUT2D eigenvalue weighted by Gasteiger charge is 2.13. The molecule has 1 aromatic heterocycles. The maximum Gasteiger partial charge on any atom is 0.369 e. The molecule has 0 aliphatic heterocycles. The summed E-state index contributed by atoms with van der Waals surface area (Å²) in [6.45, 7) is 2.46. The first-order valence-electron chi connectivity index (χ1n) is 6.68. The number of aromatic nitrogens is 4. The molecule has 0 aliphatic carbocycles. The molecule has 1 heterocycles. The number of amides is 1. The van der Waals surface area contributed by atoms with Crippen molar-refractivity contribution < 1.29 is 4.79 Å². The Hall–Kier alpha value is -2.15. The zero-order chi connectivity index (χ0) is 15.2. The fraction of sp³-hybridized carbons (Fsp3) is 0.385. The van der Waals surface area contributed by atoms with Crippen LogP contribution in [0.2, 0.25) is 5.02 Å². The molecule has 1 N–H and O–H groups in total. The molecule has 2 rings (SSSR count). The molecule has 1 amide bonds. The van der Waals surface area contributed by atoms with Crippen molar-refractivity contribution in [3.05, 3.63) is 39.8 Å². The minimum Gasteiger partial charge on any atom is -0.354 e. The predicted octanol–water partition coefficient (Wildman–Crippen LogP) is 0.999. The average molecular weight is 310 g/mol. The smallest absolute Gasteiger partial charge is 0.354 e. The van der Waals surface area contributed by atoms with E-state index in [1.807, 2.05) is 6.92 Å². The van der Waals surface area contributed by atoms with Crippen LogP contribution in [0.25, 0.3) is 5.69 Å². The monoisotopic (exact) mass is 309 g/mol. The van der Waals surface area contributed by atoms with E-state index in [0.717, 1.165) is 22.2 Å². The summed E-state index contributed by atoms with van der Waals surface area (Å²) in [6, 6.07) is 6.80. The standard InChI is InChI=1S/C13H16ClN5O2/c1-2-3-8-15-12(20)9-18-13(21)19(17-16-18)11-7-5-4-6-10(11)14/h4-7H,2-3,8-9H2,1H3,(H,15,20). The van der Waals surface area contributed by atoms with Crippen molar-refractivity contribution in [2.24, 2.45) is 0 Å². The molecule has 0 spiro atoms. The molecule has 21 heavy (non-hydrogen) atoms. The first-order valence-corrected chi connectivity index (χ1v) is 7.05. The van der Waals surface area contributed by atoms with Gasteiger partial charge in [-0.2, -0.15) is 9.36 Å². The molecular formula is C13H16ClN5O2. The van der Waals surface area contributed by atoms with Crippen LogP contribution in [0.4, 0.5) is 0 Å². The van der Waals surface area contributed by atoms with Gasteiger partial charge in [-0.25, -0.2) is 4.79 Å². The number of hydrogen-bond acceptors (Lipinski definition) is 4. The van der Waals surface area contributed by atoms with Gasteiger partial charge >= 0.3 is 5.69 Å². The number of halogens is 1. The van der Waals surface area contributed by atoms with Crippen molar-refractivity contribution >= 4 is 17.5 Å². The van der Waals surface area contributed by atoms with Gasteiger partial charge in [0.05, 0.1) is 10.7 Å². The number of nitrogens with one attached hydrogen (secondary N) is 1. The molecule has 0 aliphatic rings. The van der Waals surface area contributed by atoms with Crippen molar-refractivity contribution in [1.82, 2.24) is 25.1 Å². The van der Waals surface area contributed by atoms with Crippen LogP contribution >= 0.6 is 11.6 Å². The highest BCUT2D eigenvalue weighted by molar-refractivity contribution is 6.32. The highest BCUT2D eigenvalue weighted by atomic mass is 35.5. The number of tetrazole rings is 1. The second-order valence-corrected chi connectivity index (χ2v) is 4.89. The molecular weight excluding hydrogens is 294 g/mol. The quantitative estimate of drug-likeness (QED) is 0.807. The minimum atomic E-state index is -0.506. The molecule has 112 valence electrons. The van der Waals surface area contributed by atoms with E-state index in [-0.39, 0.29) is 12.5 Å². The SMILES string of the molecule is CCCCNC(=O)Cn1nnn(-c2ccccc2Cl)c1=O. The van der Waals surface area contributed by atoms with Crippen molar-refractivity contribution in [2.75, 3.05) is 6.54 Å². The second-order valence-electron chi connectivity index (χ2n) is 4.49. The zero-order valence-corrected chi connectivity index (χ0v) is 12.4. The summed E-state index contributed by atoms with van der Waals surface area (Å²) in [6.07, 6.45) is 1.88. The van der Waals surface area contributed by atoms with Crippen molar-refractivity contribution in [2.45, 2.75) is 26.3 Å². The third kappa shape index (κ3) is 3.69. The number of benzene rings is 1. The Kier molecular flexibility index (Phi) is 5.10. The molecule has 0 radical (unpaired) electrons. The van der Waals surface area contributed by atoms with E-state index in [1.54, 1.807) is 24.3 Å². The zero-order valence-electron chi connectivity index (χ0n) is 11.6. The van der Waals surface area contributed by atoms with Crippen molar-refractivity contribution in [1.29, 1.82) is 0 Å². The molecule has 0 atom stereocenters. The number of rotatable bonds is 6. The molecule has 0 saturated carbocycles. The number of hydrogen-bond donors (Lipinski definition) is 1. The Morgan fingerprint density at radius 2 is 2.10 bits per heavy atom. The van der Waals surface area contributed by atoms with Gasteiger partial charge in [-0.15, -0.1) is 0 Å². The van der Waals surface area contributed by atoms with Gasteiger partial charge in [0, 0.05) is 6.54 Å². The third-order valence-electron chi connectivity index (χ3n) is 2.87. The number of unbranched alkanes of at least 4 members (excludes halogenated alkanes) is 1. The summed E-state index contributed by atoms with van der Waals surface area (Å²) in [5.74, 6) is -0.267. The lowest BCUT2D eigenvalue weighted by molar-refractivity contribution is -0.121. The average Bonchev–Trinajstić information content (AvgIpc) is 2.81. The van der Waals surface area contributed by atoms with E-state index in [1.165, 1.54) is 0 Å². The third-order valence-corrected chi connectivity index (χ3v) is 3.19. The molecule has 0 fully saturated rings. The summed E-state index contributed by atoms with van der Waals surface area (Å²) in [4.78, 5) is 23.8. The van der Waals surface area contributed by atoms with E-state index in [2.05, 4.69) is 15.7 Å². The van der Waals surface area contributed by atoms with E-state index in [9.17, 15) is 9.59 Å². The minimum absolute atomic E-state index is 0.160. The van der Waals surface area contributed by atoms with Crippen LogP contribution in [0.1, 0.15) is 19.8 Å². The lowest BCUT2D eigenvalue weighted by atomic mass is 10.3. The van der Waals surface area contributed by atoms with Gasteiger partial charge in [0.1, 0.15) is 6.54 Å². The van der Waals surface area contributed by atoms with Gasteiger partial charge in [-0.1, -0.05) is 37.1 Å². The maximum atomic E-state index is 12.1. The Morgan fingerprint density at radius 1 is 1.33 bits per heavy atom. The van der Waals surface area contributed by atoms with Crippen LogP contribution in [0.3, 0.4) is 0 Å². The summed E-state index contributed by atoms with van der Waals surface area (Å²) in [7, 11) is 0. The fourth-order valence-electron chi connectivity index (χ4n) is 1.74. The molecule has 0 bridgehead atoms. The number of para-hydroxylation sites is 1. The lowest BCUT2D eigenvalue weighted by Crippen LogP contribution is -2.33. The van der Waals surface area contributed by atoms with Gasteiger partial charge in [0.2, 0.25) is 5.91 Å². The Balaban J connectivity index is 2.13. The molecule has 0 saturated heterocycles. The topological polar surface area (TPSA) is 81.8 Å². The van der Waals surface area contributed by atoms with Crippen LogP contribution in [-0.2, 0) is 11.3 Å². The van der Waals surface area contributed by atoms with Crippen LogP contribution in [0, 0.1) is 0 Å². The van der Waals surface area contributed by atoms with Crippen LogP contribution in [0.15, 0.2) is 29.1 Å². The molecule has 1 aromatic carbocycles. The van der Waals surface area contributed by atoms with Crippen molar-refractivity contribution in [3.63, 3.8) is 0 Å². The normalized spacial score (nSPS) is 10.6. The summed E-state index contributed by atoms with van der Waals surface area (Å²) in [5, 5.41) is 10.6. The lowest BCUT2D eigenvalue weighted by Gasteiger charge is -2.03.